The highest BCUT2D eigenvalue weighted by atomic mass is 16.5. The zero-order valence-electron chi connectivity index (χ0n) is 13.8. The molecule has 1 saturated carbocycles. The van der Waals surface area contributed by atoms with Crippen LogP contribution in [0.15, 0.2) is 12.1 Å². The third-order valence-electron chi connectivity index (χ3n) is 4.84. The summed E-state index contributed by atoms with van der Waals surface area (Å²) in [6, 6.07) is 3.92. The number of anilines is 1. The fourth-order valence-electron chi connectivity index (χ4n) is 3.69. The molecule has 1 aliphatic carbocycles. The Bertz CT molecular complexity index is 520. The number of amides is 1. The summed E-state index contributed by atoms with van der Waals surface area (Å²) in [5.74, 6) is 0.551. The Morgan fingerprint density at radius 1 is 1.30 bits per heavy atom. The number of nitrogens with zero attached hydrogens (tertiary/aromatic N) is 2. The second kappa shape index (κ2) is 7.25. The minimum atomic E-state index is -0.182. The van der Waals surface area contributed by atoms with Crippen LogP contribution in [0.4, 0.5) is 5.82 Å². The molecule has 0 aromatic carbocycles. The maximum atomic E-state index is 11.7. The van der Waals surface area contributed by atoms with E-state index in [1.54, 1.807) is 6.07 Å². The van der Waals surface area contributed by atoms with E-state index in [0.717, 1.165) is 25.3 Å². The van der Waals surface area contributed by atoms with Crippen molar-refractivity contribution in [2.75, 3.05) is 18.5 Å². The highest BCUT2D eigenvalue weighted by molar-refractivity contribution is 5.92. The number of ether oxygens (including phenoxy) is 1. The Balaban J connectivity index is 1.59. The molecule has 1 saturated heterocycles. The molecule has 23 heavy (non-hydrogen) atoms. The summed E-state index contributed by atoms with van der Waals surface area (Å²) in [6.07, 6.45) is 8.24. The van der Waals surface area contributed by atoms with Gasteiger partial charge in [0.1, 0.15) is 5.82 Å². The van der Waals surface area contributed by atoms with Crippen molar-refractivity contribution >= 4 is 11.7 Å². The van der Waals surface area contributed by atoms with Crippen LogP contribution in [-0.4, -0.2) is 40.9 Å². The largest absolute Gasteiger partial charge is 0.375 e. The first kappa shape index (κ1) is 16.2. The van der Waals surface area contributed by atoms with Gasteiger partial charge >= 0.3 is 0 Å². The summed E-state index contributed by atoms with van der Waals surface area (Å²) < 4.78 is 6.12. The van der Waals surface area contributed by atoms with Gasteiger partial charge in [-0.2, -0.15) is 0 Å². The lowest BCUT2D eigenvalue weighted by Crippen LogP contribution is -2.45. The molecule has 1 aromatic heterocycles. The number of aromatic nitrogens is 2. The fourth-order valence-corrected chi connectivity index (χ4v) is 3.69. The number of nitrogens with one attached hydrogen (secondary N) is 2. The van der Waals surface area contributed by atoms with Gasteiger partial charge in [-0.3, -0.25) is 4.79 Å². The van der Waals surface area contributed by atoms with Gasteiger partial charge in [-0.25, -0.2) is 0 Å². The van der Waals surface area contributed by atoms with Gasteiger partial charge in [-0.05, 0) is 44.7 Å². The van der Waals surface area contributed by atoms with Crippen molar-refractivity contribution in [3.05, 3.63) is 17.8 Å². The lowest BCUT2D eigenvalue weighted by Gasteiger charge is -2.43. The quantitative estimate of drug-likeness (QED) is 0.892. The monoisotopic (exact) mass is 318 g/mol. The van der Waals surface area contributed by atoms with E-state index in [-0.39, 0.29) is 11.5 Å². The van der Waals surface area contributed by atoms with Gasteiger partial charge < -0.3 is 15.4 Å². The van der Waals surface area contributed by atoms with Crippen molar-refractivity contribution in [2.45, 2.75) is 63.5 Å². The second-order valence-corrected chi connectivity index (χ2v) is 6.59. The molecule has 0 bridgehead atoms. The summed E-state index contributed by atoms with van der Waals surface area (Å²) in [7, 11) is 0. The molecule has 1 aliphatic heterocycles. The maximum absolute atomic E-state index is 11.7. The Kier molecular flexibility index (Phi) is 5.10. The van der Waals surface area contributed by atoms with Crippen molar-refractivity contribution < 1.29 is 9.53 Å². The third kappa shape index (κ3) is 3.99. The van der Waals surface area contributed by atoms with Crippen LogP contribution in [-0.2, 0) is 4.74 Å². The molecule has 2 aliphatic rings. The van der Waals surface area contributed by atoms with Crippen molar-refractivity contribution in [3.63, 3.8) is 0 Å². The Labute approximate surface area is 137 Å². The molecule has 2 heterocycles. The van der Waals surface area contributed by atoms with E-state index in [0.29, 0.717) is 18.3 Å². The van der Waals surface area contributed by atoms with E-state index in [1.165, 1.54) is 32.1 Å². The molecular formula is C17H26N4O2. The molecule has 0 unspecified atom stereocenters. The molecule has 126 valence electrons. The van der Waals surface area contributed by atoms with E-state index >= 15 is 0 Å². The summed E-state index contributed by atoms with van der Waals surface area (Å²) in [5, 5.41) is 14.3. The van der Waals surface area contributed by atoms with E-state index in [9.17, 15) is 4.79 Å². The molecule has 2 fully saturated rings. The number of hydrogen-bond donors (Lipinski definition) is 2. The standard InChI is InChI=1S/C17H26N4O2/c1-2-18-16(22)14-6-7-15(21-20-14)19-13-8-11-23-17(12-13)9-4-3-5-10-17/h6-7,13H,2-5,8-12H2,1H3,(H,18,22)(H,19,21)/t13-/m0/s1. The zero-order chi connectivity index (χ0) is 16.1. The van der Waals surface area contributed by atoms with Gasteiger partial charge in [0.15, 0.2) is 5.69 Å². The van der Waals surface area contributed by atoms with Gasteiger partial charge in [-0.1, -0.05) is 19.3 Å². The second-order valence-electron chi connectivity index (χ2n) is 6.59. The molecule has 6 nitrogen and oxygen atoms in total. The van der Waals surface area contributed by atoms with Crippen molar-refractivity contribution in [1.82, 2.24) is 15.5 Å². The van der Waals surface area contributed by atoms with Crippen LogP contribution in [0.5, 0.6) is 0 Å². The zero-order valence-corrected chi connectivity index (χ0v) is 13.8. The van der Waals surface area contributed by atoms with Crippen LogP contribution in [0.25, 0.3) is 0 Å². The fraction of sp³-hybridized carbons (Fsp3) is 0.706. The number of carbonyl (C=O) groups is 1. The van der Waals surface area contributed by atoms with E-state index in [1.807, 2.05) is 13.0 Å². The molecule has 3 rings (SSSR count). The van der Waals surface area contributed by atoms with Crippen molar-refractivity contribution in [2.24, 2.45) is 0 Å². The first-order valence-corrected chi connectivity index (χ1v) is 8.73. The highest BCUT2D eigenvalue weighted by Crippen LogP contribution is 2.39. The highest BCUT2D eigenvalue weighted by Gasteiger charge is 2.38. The van der Waals surface area contributed by atoms with Gasteiger partial charge in [0.25, 0.3) is 5.91 Å². The topological polar surface area (TPSA) is 76.1 Å². The first-order valence-electron chi connectivity index (χ1n) is 8.73. The Hall–Kier alpha value is -1.69. The Morgan fingerprint density at radius 2 is 2.13 bits per heavy atom. The summed E-state index contributed by atoms with van der Waals surface area (Å²) in [6.45, 7) is 3.28. The van der Waals surface area contributed by atoms with Crippen LogP contribution in [0.1, 0.15) is 62.4 Å². The molecule has 2 N–H and O–H groups in total. The smallest absolute Gasteiger partial charge is 0.271 e. The summed E-state index contributed by atoms with van der Waals surface area (Å²) in [5.41, 5.74) is 0.427. The summed E-state index contributed by atoms with van der Waals surface area (Å²) in [4.78, 5) is 11.7. The van der Waals surface area contributed by atoms with Crippen LogP contribution < -0.4 is 10.6 Å². The van der Waals surface area contributed by atoms with E-state index in [2.05, 4.69) is 20.8 Å². The first-order chi connectivity index (χ1) is 11.2. The molecule has 6 heteroatoms. The molecule has 1 amide bonds. The molecule has 0 radical (unpaired) electrons. The maximum Gasteiger partial charge on any atom is 0.271 e. The number of rotatable bonds is 4. The normalized spacial score (nSPS) is 23.4. The van der Waals surface area contributed by atoms with E-state index < -0.39 is 0 Å². The van der Waals surface area contributed by atoms with Crippen LogP contribution in [0.3, 0.4) is 0 Å². The number of hydrogen-bond acceptors (Lipinski definition) is 5. The molecule has 1 atom stereocenters. The lowest BCUT2D eigenvalue weighted by atomic mass is 9.78. The van der Waals surface area contributed by atoms with Crippen LogP contribution in [0.2, 0.25) is 0 Å². The van der Waals surface area contributed by atoms with Gasteiger partial charge in [0.05, 0.1) is 5.60 Å². The van der Waals surface area contributed by atoms with Crippen molar-refractivity contribution in [1.29, 1.82) is 0 Å². The molecular weight excluding hydrogens is 292 g/mol. The van der Waals surface area contributed by atoms with Crippen LogP contribution >= 0.6 is 0 Å². The Morgan fingerprint density at radius 3 is 2.83 bits per heavy atom. The summed E-state index contributed by atoms with van der Waals surface area (Å²) >= 11 is 0. The minimum absolute atomic E-state index is 0.0720. The number of carbonyl (C=O) groups excluding carboxylic acids is 1. The predicted octanol–water partition coefficient (Wildman–Crippen LogP) is 2.52. The minimum Gasteiger partial charge on any atom is -0.375 e. The predicted molar refractivity (Wildman–Crippen MR) is 88.5 cm³/mol. The van der Waals surface area contributed by atoms with Gasteiger partial charge in [0.2, 0.25) is 0 Å². The van der Waals surface area contributed by atoms with Crippen LogP contribution in [0, 0.1) is 0 Å². The van der Waals surface area contributed by atoms with E-state index in [4.69, 9.17) is 4.74 Å². The average Bonchev–Trinajstić information content (AvgIpc) is 2.56. The average molecular weight is 318 g/mol. The SMILES string of the molecule is CCNC(=O)c1ccc(N[C@H]2CCOC3(CCCCC3)C2)nn1. The van der Waals surface area contributed by atoms with Crippen molar-refractivity contribution in [3.8, 4) is 0 Å². The van der Waals surface area contributed by atoms with Gasteiger partial charge in [-0.15, -0.1) is 10.2 Å². The lowest BCUT2D eigenvalue weighted by molar-refractivity contribution is -0.103. The molecule has 1 spiro atoms. The third-order valence-corrected chi connectivity index (χ3v) is 4.84. The molecule has 1 aromatic rings. The van der Waals surface area contributed by atoms with Gasteiger partial charge in [0, 0.05) is 19.2 Å².